The molecule has 0 N–H and O–H groups in total. The van der Waals surface area contributed by atoms with E-state index in [1.807, 2.05) is 13.8 Å². The lowest BCUT2D eigenvalue weighted by Crippen LogP contribution is -2.55. The van der Waals surface area contributed by atoms with Crippen molar-refractivity contribution in [3.63, 3.8) is 0 Å². The average molecular weight is 489 g/mol. The summed E-state index contributed by atoms with van der Waals surface area (Å²) in [5, 5.41) is 0. The van der Waals surface area contributed by atoms with Crippen molar-refractivity contribution < 1.29 is 22.7 Å². The summed E-state index contributed by atoms with van der Waals surface area (Å²) in [4.78, 5) is 36.7. The molecule has 1 aliphatic heterocycles. The van der Waals surface area contributed by atoms with Crippen LogP contribution in [0.1, 0.15) is 65.1 Å². The highest BCUT2D eigenvalue weighted by molar-refractivity contribution is 7.89. The van der Waals surface area contributed by atoms with Crippen LogP contribution in [0.3, 0.4) is 0 Å². The largest absolute Gasteiger partial charge is 0.462 e. The monoisotopic (exact) mass is 488 g/mol. The molecule has 0 radical (unpaired) electrons. The third kappa shape index (κ3) is 5.28. The van der Waals surface area contributed by atoms with Crippen molar-refractivity contribution >= 4 is 21.9 Å². The Labute approximate surface area is 201 Å². The van der Waals surface area contributed by atoms with Gasteiger partial charge in [-0.15, -0.1) is 0 Å². The fourth-order valence-corrected chi connectivity index (χ4v) is 5.71. The highest BCUT2D eigenvalue weighted by atomic mass is 32.2. The zero-order valence-electron chi connectivity index (χ0n) is 20.4. The lowest BCUT2D eigenvalue weighted by Gasteiger charge is -2.39. The first-order valence-electron chi connectivity index (χ1n) is 11.5. The molecule has 1 unspecified atom stereocenters. The van der Waals surface area contributed by atoms with E-state index >= 15 is 0 Å². The number of sulfonamides is 1. The Balaban J connectivity index is 1.88. The van der Waals surface area contributed by atoms with E-state index in [2.05, 4.69) is 9.97 Å². The van der Waals surface area contributed by atoms with Gasteiger partial charge in [-0.2, -0.15) is 4.31 Å². The quantitative estimate of drug-likeness (QED) is 0.551. The molecule has 1 aliphatic rings. The number of ether oxygens (including phenoxy) is 1. The number of carbonyl (C=O) groups excluding carboxylic acids is 2. The molecule has 9 nitrogen and oxygen atoms in total. The molecule has 184 valence electrons. The van der Waals surface area contributed by atoms with Crippen molar-refractivity contribution in [2.75, 3.05) is 26.2 Å². The smallest absolute Gasteiger partial charge is 0.342 e. The number of piperazine rings is 1. The third-order valence-corrected chi connectivity index (χ3v) is 7.77. The summed E-state index contributed by atoms with van der Waals surface area (Å²) in [6.07, 6.45) is 1.25. The van der Waals surface area contributed by atoms with Crippen molar-refractivity contribution in [1.29, 1.82) is 0 Å². The molecule has 1 fully saturated rings. The van der Waals surface area contributed by atoms with Gasteiger partial charge in [0, 0.05) is 25.7 Å². The van der Waals surface area contributed by atoms with Crippen molar-refractivity contribution in [3.05, 3.63) is 52.6 Å². The van der Waals surface area contributed by atoms with Crippen LogP contribution in [-0.4, -0.2) is 71.8 Å². The standard InChI is InChI=1S/C24H32N4O5S/c1-6-8-20-21(24(30)33-7-2)22(26-18(5)25-20)23(29)27-13-14-28(17(4)15-27)34(31,32)19-11-9-16(3)10-12-19/h9-12,17H,6-8,13-15H2,1-5H3. The normalized spacial score (nSPS) is 17.0. The van der Waals surface area contributed by atoms with Gasteiger partial charge in [-0.1, -0.05) is 31.0 Å². The van der Waals surface area contributed by atoms with E-state index in [0.29, 0.717) is 17.9 Å². The molecule has 1 amide bonds. The minimum Gasteiger partial charge on any atom is -0.462 e. The first kappa shape index (κ1) is 25.8. The number of benzene rings is 1. The fourth-order valence-electron chi connectivity index (χ4n) is 4.10. The predicted molar refractivity (Wildman–Crippen MR) is 127 cm³/mol. The van der Waals surface area contributed by atoms with E-state index in [0.717, 1.165) is 12.0 Å². The number of nitrogens with zero attached hydrogens (tertiary/aromatic N) is 4. The van der Waals surface area contributed by atoms with Crippen molar-refractivity contribution in [3.8, 4) is 0 Å². The van der Waals surface area contributed by atoms with Gasteiger partial charge >= 0.3 is 5.97 Å². The molecule has 1 aromatic heterocycles. The number of hydrogen-bond acceptors (Lipinski definition) is 7. The van der Waals surface area contributed by atoms with E-state index in [4.69, 9.17) is 4.74 Å². The summed E-state index contributed by atoms with van der Waals surface area (Å²) >= 11 is 0. The first-order chi connectivity index (χ1) is 16.1. The topological polar surface area (TPSA) is 110 Å². The SMILES string of the molecule is CCCc1nc(C)nc(C(=O)N2CCN(S(=O)(=O)c3ccc(C)cc3)C(C)C2)c1C(=O)OCC. The molecule has 0 bridgehead atoms. The van der Waals surface area contributed by atoms with E-state index in [1.165, 1.54) is 4.31 Å². The van der Waals surface area contributed by atoms with Crippen LogP contribution in [-0.2, 0) is 21.2 Å². The number of amides is 1. The number of rotatable bonds is 7. The summed E-state index contributed by atoms with van der Waals surface area (Å²) in [5.74, 6) is -0.651. The fraction of sp³-hybridized carbons (Fsp3) is 0.500. The van der Waals surface area contributed by atoms with Crippen molar-refractivity contribution in [2.45, 2.75) is 58.4 Å². The van der Waals surface area contributed by atoms with Gasteiger partial charge in [-0.25, -0.2) is 23.2 Å². The second-order valence-electron chi connectivity index (χ2n) is 8.44. The maximum absolute atomic E-state index is 13.5. The molecule has 34 heavy (non-hydrogen) atoms. The molecular weight excluding hydrogens is 456 g/mol. The zero-order chi connectivity index (χ0) is 25.0. The van der Waals surface area contributed by atoms with Gasteiger partial charge in [0.25, 0.3) is 5.91 Å². The number of hydrogen-bond donors (Lipinski definition) is 0. The summed E-state index contributed by atoms with van der Waals surface area (Å²) in [6.45, 7) is 9.68. The van der Waals surface area contributed by atoms with Crippen LogP contribution in [0.4, 0.5) is 0 Å². The molecule has 1 aromatic carbocycles. The van der Waals surface area contributed by atoms with Crippen LogP contribution in [0.2, 0.25) is 0 Å². The Morgan fingerprint density at radius 2 is 1.76 bits per heavy atom. The van der Waals surface area contributed by atoms with Gasteiger partial charge in [-0.3, -0.25) is 4.79 Å². The number of aryl methyl sites for hydroxylation is 3. The van der Waals surface area contributed by atoms with Crippen LogP contribution in [0.15, 0.2) is 29.2 Å². The highest BCUT2D eigenvalue weighted by Crippen LogP contribution is 2.24. The minimum absolute atomic E-state index is 0.0106. The zero-order valence-corrected chi connectivity index (χ0v) is 21.2. The van der Waals surface area contributed by atoms with Crippen molar-refractivity contribution in [1.82, 2.24) is 19.2 Å². The molecule has 0 saturated carbocycles. The summed E-state index contributed by atoms with van der Waals surface area (Å²) in [7, 11) is -3.70. The number of esters is 1. The molecule has 3 rings (SSSR count). The Bertz CT molecular complexity index is 1160. The molecule has 2 aromatic rings. The van der Waals surface area contributed by atoms with Crippen molar-refractivity contribution in [2.24, 2.45) is 0 Å². The highest BCUT2D eigenvalue weighted by Gasteiger charge is 2.37. The van der Waals surface area contributed by atoms with Crippen LogP contribution in [0.25, 0.3) is 0 Å². The van der Waals surface area contributed by atoms with Crippen LogP contribution < -0.4 is 0 Å². The lowest BCUT2D eigenvalue weighted by atomic mass is 10.1. The van der Waals surface area contributed by atoms with E-state index in [-0.39, 0.29) is 42.4 Å². The molecule has 2 heterocycles. The second-order valence-corrected chi connectivity index (χ2v) is 10.3. The van der Waals surface area contributed by atoms with Gasteiger partial charge in [-0.05, 0) is 46.2 Å². The Morgan fingerprint density at radius 1 is 1.09 bits per heavy atom. The van der Waals surface area contributed by atoms with E-state index in [1.54, 1.807) is 49.9 Å². The molecule has 0 spiro atoms. The average Bonchev–Trinajstić information content (AvgIpc) is 2.78. The van der Waals surface area contributed by atoms with Crippen LogP contribution >= 0.6 is 0 Å². The molecule has 10 heteroatoms. The van der Waals surface area contributed by atoms with Gasteiger partial charge in [0.05, 0.1) is 17.2 Å². The first-order valence-corrected chi connectivity index (χ1v) is 13.0. The van der Waals surface area contributed by atoms with Gasteiger partial charge in [0.15, 0.2) is 0 Å². The number of aromatic nitrogens is 2. The van der Waals surface area contributed by atoms with Crippen LogP contribution in [0.5, 0.6) is 0 Å². The van der Waals surface area contributed by atoms with Gasteiger partial charge in [0.2, 0.25) is 10.0 Å². The van der Waals surface area contributed by atoms with E-state index in [9.17, 15) is 18.0 Å². The molecule has 0 aliphatic carbocycles. The molecule has 1 saturated heterocycles. The molecular formula is C24H32N4O5S. The summed E-state index contributed by atoms with van der Waals surface area (Å²) in [6, 6.07) is 6.27. The summed E-state index contributed by atoms with van der Waals surface area (Å²) < 4.78 is 33.0. The van der Waals surface area contributed by atoms with Gasteiger partial charge < -0.3 is 9.64 Å². The Morgan fingerprint density at radius 3 is 2.35 bits per heavy atom. The second kappa shape index (κ2) is 10.6. The van der Waals surface area contributed by atoms with Crippen LogP contribution in [0, 0.1) is 13.8 Å². The maximum atomic E-state index is 13.5. The molecule has 1 atom stereocenters. The van der Waals surface area contributed by atoms with Gasteiger partial charge in [0.1, 0.15) is 17.1 Å². The summed E-state index contributed by atoms with van der Waals surface area (Å²) in [5.41, 5.74) is 1.57. The predicted octanol–water partition coefficient (Wildman–Crippen LogP) is 2.76. The lowest BCUT2D eigenvalue weighted by molar-refractivity contribution is 0.0508. The Hall–Kier alpha value is -2.85. The van der Waals surface area contributed by atoms with E-state index < -0.39 is 27.9 Å². The third-order valence-electron chi connectivity index (χ3n) is 5.75. The minimum atomic E-state index is -3.70. The maximum Gasteiger partial charge on any atom is 0.342 e. The Kier molecular flexibility index (Phi) is 8.04. The number of carbonyl (C=O) groups is 2.